The molecule has 168 valence electrons. The highest BCUT2D eigenvalue weighted by molar-refractivity contribution is 6.30. The van der Waals surface area contributed by atoms with E-state index >= 15 is 0 Å². The Morgan fingerprint density at radius 1 is 1.16 bits per heavy atom. The van der Waals surface area contributed by atoms with Crippen molar-refractivity contribution >= 4 is 23.4 Å². The lowest BCUT2D eigenvalue weighted by Crippen LogP contribution is -2.49. The first kappa shape index (κ1) is 24.7. The number of aryl methyl sites for hydroxylation is 2. The lowest BCUT2D eigenvalue weighted by molar-refractivity contribution is -0.142. The van der Waals surface area contributed by atoms with Crippen LogP contribution in [0.5, 0.6) is 5.75 Å². The highest BCUT2D eigenvalue weighted by Gasteiger charge is 2.26. The number of benzene rings is 2. The van der Waals surface area contributed by atoms with E-state index in [1.807, 2.05) is 39.0 Å². The quantitative estimate of drug-likeness (QED) is 0.526. The summed E-state index contributed by atoms with van der Waals surface area (Å²) in [6.07, 6.45) is 1.89. The number of hydrogen-bond donors (Lipinski definition) is 1. The maximum absolute atomic E-state index is 13.2. The van der Waals surface area contributed by atoms with Crippen molar-refractivity contribution in [3.8, 4) is 5.75 Å². The summed E-state index contributed by atoms with van der Waals surface area (Å²) in [5.41, 5.74) is 4.05. The first-order valence-electron chi connectivity index (χ1n) is 10.7. The van der Waals surface area contributed by atoms with Crippen molar-refractivity contribution in [3.63, 3.8) is 0 Å². The third-order valence-corrected chi connectivity index (χ3v) is 5.59. The fourth-order valence-electron chi connectivity index (χ4n) is 3.32. The predicted octanol–water partition coefficient (Wildman–Crippen LogP) is 4.98. The van der Waals surface area contributed by atoms with Gasteiger partial charge in [0.15, 0.2) is 6.61 Å². The largest absolute Gasteiger partial charge is 0.483 e. The average Bonchev–Trinajstić information content (AvgIpc) is 2.73. The van der Waals surface area contributed by atoms with E-state index in [2.05, 4.69) is 18.3 Å². The van der Waals surface area contributed by atoms with E-state index in [0.717, 1.165) is 35.1 Å². The Balaban J connectivity index is 2.18. The summed E-state index contributed by atoms with van der Waals surface area (Å²) in [6, 6.07) is 10.7. The Morgan fingerprint density at radius 2 is 1.90 bits per heavy atom. The van der Waals surface area contributed by atoms with E-state index in [1.54, 1.807) is 24.0 Å². The van der Waals surface area contributed by atoms with Crippen LogP contribution in [-0.4, -0.2) is 35.9 Å². The first-order chi connectivity index (χ1) is 14.7. The second kappa shape index (κ2) is 11.8. The van der Waals surface area contributed by atoms with Gasteiger partial charge in [0.25, 0.3) is 5.91 Å². The number of halogens is 1. The molecule has 1 unspecified atom stereocenters. The smallest absolute Gasteiger partial charge is 0.261 e. The van der Waals surface area contributed by atoms with Crippen molar-refractivity contribution in [1.29, 1.82) is 0 Å². The molecule has 0 heterocycles. The van der Waals surface area contributed by atoms with Crippen LogP contribution in [-0.2, 0) is 16.1 Å². The van der Waals surface area contributed by atoms with Gasteiger partial charge in [-0.1, -0.05) is 43.1 Å². The molecular formula is C25H33ClN2O3. The molecule has 0 aliphatic rings. The summed E-state index contributed by atoms with van der Waals surface area (Å²) >= 11 is 6.12. The van der Waals surface area contributed by atoms with E-state index in [4.69, 9.17) is 16.3 Å². The molecule has 0 saturated carbocycles. The zero-order chi connectivity index (χ0) is 23.0. The Labute approximate surface area is 190 Å². The highest BCUT2D eigenvalue weighted by atomic mass is 35.5. The second-order valence-electron chi connectivity index (χ2n) is 7.97. The minimum Gasteiger partial charge on any atom is -0.483 e. The average molecular weight is 445 g/mol. The fourth-order valence-corrected chi connectivity index (χ4v) is 3.54. The number of carbonyl (C=O) groups is 2. The number of nitrogens with zero attached hydrogens (tertiary/aromatic N) is 1. The molecule has 5 nitrogen and oxygen atoms in total. The van der Waals surface area contributed by atoms with Gasteiger partial charge in [0.1, 0.15) is 11.8 Å². The topological polar surface area (TPSA) is 58.6 Å². The summed E-state index contributed by atoms with van der Waals surface area (Å²) in [6.45, 7) is 10.5. The van der Waals surface area contributed by atoms with Gasteiger partial charge in [-0.05, 0) is 74.6 Å². The number of carbonyl (C=O) groups excluding carboxylic acids is 2. The number of rotatable bonds is 10. The molecule has 2 rings (SSSR count). The predicted molar refractivity (Wildman–Crippen MR) is 126 cm³/mol. The zero-order valence-electron chi connectivity index (χ0n) is 19.1. The third kappa shape index (κ3) is 7.28. The number of ether oxygens (including phenoxy) is 1. The van der Waals surface area contributed by atoms with Crippen LogP contribution >= 0.6 is 11.6 Å². The first-order valence-corrected chi connectivity index (χ1v) is 11.1. The van der Waals surface area contributed by atoms with E-state index < -0.39 is 6.04 Å². The van der Waals surface area contributed by atoms with Gasteiger partial charge in [-0.25, -0.2) is 0 Å². The van der Waals surface area contributed by atoms with Gasteiger partial charge in [0.2, 0.25) is 5.91 Å². The minimum atomic E-state index is -0.632. The van der Waals surface area contributed by atoms with Crippen molar-refractivity contribution in [2.24, 2.45) is 0 Å². The summed E-state index contributed by atoms with van der Waals surface area (Å²) in [5.74, 6) is 0.261. The maximum atomic E-state index is 13.2. The second-order valence-corrected chi connectivity index (χ2v) is 8.40. The molecule has 0 aliphatic carbocycles. The number of unbranched alkanes of at least 4 members (excludes halogenated alkanes) is 1. The minimum absolute atomic E-state index is 0.142. The zero-order valence-corrected chi connectivity index (χ0v) is 19.9. The molecule has 6 heteroatoms. The summed E-state index contributed by atoms with van der Waals surface area (Å²) in [7, 11) is 0. The van der Waals surface area contributed by atoms with Crippen LogP contribution in [0.1, 0.15) is 48.9 Å². The van der Waals surface area contributed by atoms with E-state index in [0.29, 0.717) is 17.3 Å². The third-order valence-electron chi connectivity index (χ3n) is 5.35. The Hall–Kier alpha value is -2.53. The Kier molecular flexibility index (Phi) is 9.38. The van der Waals surface area contributed by atoms with E-state index in [-0.39, 0.29) is 25.0 Å². The summed E-state index contributed by atoms with van der Waals surface area (Å²) < 4.78 is 5.88. The van der Waals surface area contributed by atoms with Crippen LogP contribution < -0.4 is 10.1 Å². The van der Waals surface area contributed by atoms with Gasteiger partial charge in [-0.2, -0.15) is 0 Å². The SMILES string of the molecule is CCCCNC(=O)C(C)N(Cc1cccc(Cl)c1)C(=O)COc1cc(C)cc(C)c1C. The van der Waals surface area contributed by atoms with Crippen LogP contribution in [0.15, 0.2) is 36.4 Å². The highest BCUT2D eigenvalue weighted by Crippen LogP contribution is 2.23. The summed E-state index contributed by atoms with van der Waals surface area (Å²) in [5, 5.41) is 3.50. The van der Waals surface area contributed by atoms with Gasteiger partial charge in [-0.3, -0.25) is 9.59 Å². The molecule has 0 fully saturated rings. The number of nitrogens with one attached hydrogen (secondary N) is 1. The molecule has 0 aromatic heterocycles. The van der Waals surface area contributed by atoms with Gasteiger partial charge in [-0.15, -0.1) is 0 Å². The molecule has 0 saturated heterocycles. The van der Waals surface area contributed by atoms with Crippen molar-refractivity contribution in [2.45, 2.75) is 60.0 Å². The van der Waals surface area contributed by atoms with Crippen LogP contribution in [0.4, 0.5) is 0 Å². The molecule has 2 amide bonds. The van der Waals surface area contributed by atoms with Gasteiger partial charge in [0, 0.05) is 18.1 Å². The Bertz CT molecular complexity index is 914. The standard InChI is InChI=1S/C25H33ClN2O3/c1-6-7-11-27-25(30)20(5)28(15-21-9-8-10-22(26)14-21)24(29)16-31-23-13-17(2)12-18(3)19(23)4/h8-10,12-14,20H,6-7,11,15-16H2,1-5H3,(H,27,30). The molecule has 2 aromatic rings. The molecule has 2 aromatic carbocycles. The number of hydrogen-bond acceptors (Lipinski definition) is 3. The summed E-state index contributed by atoms with van der Waals surface area (Å²) in [4.78, 5) is 27.4. The van der Waals surface area contributed by atoms with E-state index in [1.165, 1.54) is 0 Å². The van der Waals surface area contributed by atoms with Crippen molar-refractivity contribution in [2.75, 3.05) is 13.2 Å². The van der Waals surface area contributed by atoms with Crippen LogP contribution in [0.25, 0.3) is 0 Å². The molecule has 0 spiro atoms. The molecule has 0 radical (unpaired) electrons. The maximum Gasteiger partial charge on any atom is 0.261 e. The molecule has 0 bridgehead atoms. The molecule has 0 aliphatic heterocycles. The van der Waals surface area contributed by atoms with Crippen LogP contribution in [0.2, 0.25) is 5.02 Å². The van der Waals surface area contributed by atoms with Crippen molar-refractivity contribution < 1.29 is 14.3 Å². The lowest BCUT2D eigenvalue weighted by Gasteiger charge is -2.29. The lowest BCUT2D eigenvalue weighted by atomic mass is 10.1. The van der Waals surface area contributed by atoms with Crippen molar-refractivity contribution in [3.05, 3.63) is 63.7 Å². The normalized spacial score (nSPS) is 11.7. The van der Waals surface area contributed by atoms with E-state index in [9.17, 15) is 9.59 Å². The monoisotopic (exact) mass is 444 g/mol. The molecule has 1 N–H and O–H groups in total. The molecule has 31 heavy (non-hydrogen) atoms. The molecule has 1 atom stereocenters. The van der Waals surface area contributed by atoms with Crippen molar-refractivity contribution in [1.82, 2.24) is 10.2 Å². The molecular weight excluding hydrogens is 412 g/mol. The van der Waals surface area contributed by atoms with Gasteiger partial charge < -0.3 is 15.0 Å². The van der Waals surface area contributed by atoms with Gasteiger partial charge in [0.05, 0.1) is 0 Å². The van der Waals surface area contributed by atoms with Crippen LogP contribution in [0, 0.1) is 20.8 Å². The Morgan fingerprint density at radius 3 is 2.58 bits per heavy atom. The van der Waals surface area contributed by atoms with Gasteiger partial charge >= 0.3 is 0 Å². The van der Waals surface area contributed by atoms with Crippen LogP contribution in [0.3, 0.4) is 0 Å². The fraction of sp³-hybridized carbons (Fsp3) is 0.440. The number of amides is 2.